The molecule has 0 spiro atoms. The molecule has 5 rings (SSSR count). The molecule has 1 aromatic heterocycles. The van der Waals surface area contributed by atoms with Crippen molar-refractivity contribution in [2.45, 2.75) is 45.3 Å². The maximum atomic E-state index is 13.0. The van der Waals surface area contributed by atoms with E-state index in [0.717, 1.165) is 47.4 Å². The average molecular weight is 459 g/mol. The summed E-state index contributed by atoms with van der Waals surface area (Å²) in [4.78, 5) is 25.4. The summed E-state index contributed by atoms with van der Waals surface area (Å²) in [5.74, 6) is 0.788. The number of ketones is 1. The van der Waals surface area contributed by atoms with E-state index in [4.69, 9.17) is 14.6 Å². The minimum absolute atomic E-state index is 0.0333. The first-order valence-electron chi connectivity index (χ1n) is 12.1. The number of aromatic nitrogens is 2. The first kappa shape index (κ1) is 22.4. The van der Waals surface area contributed by atoms with Crippen LogP contribution in [0.2, 0.25) is 0 Å². The molecule has 34 heavy (non-hydrogen) atoms. The first-order valence-corrected chi connectivity index (χ1v) is 12.1. The normalized spacial score (nSPS) is 21.8. The summed E-state index contributed by atoms with van der Waals surface area (Å²) in [5.41, 5.74) is 3.68. The molecular formula is C28H30N2O4. The third-order valence-electron chi connectivity index (χ3n) is 7.12. The van der Waals surface area contributed by atoms with Crippen molar-refractivity contribution in [2.75, 3.05) is 7.11 Å². The van der Waals surface area contributed by atoms with Crippen LogP contribution in [0.4, 0.5) is 0 Å². The van der Waals surface area contributed by atoms with Gasteiger partial charge in [-0.15, -0.1) is 0 Å². The molecule has 2 atom stereocenters. The van der Waals surface area contributed by atoms with Crippen LogP contribution in [0.25, 0.3) is 11.3 Å². The van der Waals surface area contributed by atoms with E-state index in [2.05, 4.69) is 12.1 Å². The Kier molecular flexibility index (Phi) is 6.48. The number of nitrogens with zero attached hydrogens (tertiary/aromatic N) is 2. The van der Waals surface area contributed by atoms with Crippen molar-refractivity contribution in [1.29, 1.82) is 0 Å². The molecular weight excluding hydrogens is 428 g/mol. The number of fused-ring (bicyclic) bond motifs is 2. The molecule has 2 saturated carbocycles. The first-order chi connectivity index (χ1) is 16.6. The summed E-state index contributed by atoms with van der Waals surface area (Å²) in [6, 6.07) is 17.9. The number of carbonyl (C=O) groups excluding carboxylic acids is 2. The number of esters is 1. The topological polar surface area (TPSA) is 70.4 Å². The van der Waals surface area contributed by atoms with Gasteiger partial charge in [0.25, 0.3) is 0 Å². The molecule has 2 aliphatic rings. The van der Waals surface area contributed by atoms with Gasteiger partial charge in [0, 0.05) is 29.2 Å². The number of ether oxygens (including phenoxy) is 2. The molecule has 2 aliphatic carbocycles. The lowest BCUT2D eigenvalue weighted by atomic mass is 9.67. The van der Waals surface area contributed by atoms with E-state index >= 15 is 0 Å². The van der Waals surface area contributed by atoms with Gasteiger partial charge in [0.15, 0.2) is 0 Å². The Hall–Kier alpha value is -3.41. The monoisotopic (exact) mass is 458 g/mol. The summed E-state index contributed by atoms with van der Waals surface area (Å²) in [6.45, 7) is 0.778. The molecule has 0 N–H and O–H groups in total. The molecule has 2 aromatic carbocycles. The van der Waals surface area contributed by atoms with E-state index in [1.54, 1.807) is 7.11 Å². The Bertz CT molecular complexity index is 1150. The molecule has 6 heteroatoms. The van der Waals surface area contributed by atoms with E-state index < -0.39 is 0 Å². The lowest BCUT2D eigenvalue weighted by molar-refractivity contribution is -0.154. The highest BCUT2D eigenvalue weighted by atomic mass is 16.5. The third kappa shape index (κ3) is 4.76. The van der Waals surface area contributed by atoms with Gasteiger partial charge in [-0.2, -0.15) is 5.10 Å². The molecule has 2 unspecified atom stereocenters. The van der Waals surface area contributed by atoms with Crippen molar-refractivity contribution in [3.05, 3.63) is 71.9 Å². The highest BCUT2D eigenvalue weighted by molar-refractivity contribution is 5.87. The number of hydrogen-bond acceptors (Lipinski definition) is 5. The zero-order chi connectivity index (χ0) is 23.5. The minimum Gasteiger partial charge on any atom is -0.497 e. The van der Waals surface area contributed by atoms with Gasteiger partial charge in [0.2, 0.25) is 0 Å². The number of hydrogen-bond donors (Lipinski definition) is 0. The van der Waals surface area contributed by atoms with Crippen LogP contribution in [0.5, 0.6) is 5.75 Å². The second-order valence-corrected chi connectivity index (χ2v) is 9.42. The van der Waals surface area contributed by atoms with E-state index in [-0.39, 0.29) is 30.3 Å². The number of rotatable bonds is 7. The van der Waals surface area contributed by atoms with Gasteiger partial charge < -0.3 is 9.47 Å². The Morgan fingerprint density at radius 2 is 1.82 bits per heavy atom. The smallest absolute Gasteiger partial charge is 0.309 e. The predicted molar refractivity (Wildman–Crippen MR) is 128 cm³/mol. The summed E-state index contributed by atoms with van der Waals surface area (Å²) in [5, 5.41) is 4.82. The van der Waals surface area contributed by atoms with Crippen LogP contribution >= 0.6 is 0 Å². The summed E-state index contributed by atoms with van der Waals surface area (Å²) < 4.78 is 13.1. The fraction of sp³-hybridized carbons (Fsp3) is 0.393. The minimum atomic E-state index is -0.197. The van der Waals surface area contributed by atoms with Crippen molar-refractivity contribution in [2.24, 2.45) is 17.8 Å². The molecule has 0 aliphatic heterocycles. The molecule has 2 fully saturated rings. The van der Waals surface area contributed by atoms with Crippen LogP contribution in [-0.2, 0) is 27.5 Å². The fourth-order valence-corrected chi connectivity index (χ4v) is 5.37. The second-order valence-electron chi connectivity index (χ2n) is 9.42. The molecule has 3 aromatic rings. The SMILES string of the molecule is COc1cccc(-c2nn(Cc3ccccc3)cc2COC(=O)C2CC3CCCC(C2)C3=O)c1. The molecule has 0 radical (unpaired) electrons. The molecule has 1 heterocycles. The highest BCUT2D eigenvalue weighted by Gasteiger charge is 2.41. The second kappa shape index (κ2) is 9.84. The lowest BCUT2D eigenvalue weighted by Crippen LogP contribution is -2.39. The van der Waals surface area contributed by atoms with Crippen molar-refractivity contribution < 1.29 is 19.1 Å². The van der Waals surface area contributed by atoms with Crippen molar-refractivity contribution in [1.82, 2.24) is 9.78 Å². The predicted octanol–water partition coefficient (Wildman–Crippen LogP) is 5.05. The Morgan fingerprint density at radius 3 is 2.56 bits per heavy atom. The van der Waals surface area contributed by atoms with Gasteiger partial charge >= 0.3 is 5.97 Å². The molecule has 0 amide bonds. The van der Waals surface area contributed by atoms with Gasteiger partial charge in [0.05, 0.1) is 25.3 Å². The average Bonchev–Trinajstić information content (AvgIpc) is 3.25. The number of benzene rings is 2. The summed E-state index contributed by atoms with van der Waals surface area (Å²) in [7, 11) is 1.64. The van der Waals surface area contributed by atoms with E-state index in [9.17, 15) is 9.59 Å². The molecule has 6 nitrogen and oxygen atoms in total. The van der Waals surface area contributed by atoms with Crippen LogP contribution in [-0.4, -0.2) is 28.6 Å². The zero-order valence-corrected chi connectivity index (χ0v) is 19.5. The molecule has 0 saturated heterocycles. The Balaban J connectivity index is 1.35. The Labute approximate surface area is 199 Å². The molecule has 176 valence electrons. The number of methoxy groups -OCH3 is 1. The largest absolute Gasteiger partial charge is 0.497 e. The van der Waals surface area contributed by atoms with E-state index in [1.165, 1.54) is 0 Å². The van der Waals surface area contributed by atoms with Crippen LogP contribution in [0.3, 0.4) is 0 Å². The zero-order valence-electron chi connectivity index (χ0n) is 19.5. The molecule has 2 bridgehead atoms. The van der Waals surface area contributed by atoms with Gasteiger partial charge in [-0.1, -0.05) is 48.9 Å². The fourth-order valence-electron chi connectivity index (χ4n) is 5.37. The van der Waals surface area contributed by atoms with Crippen LogP contribution in [0.15, 0.2) is 60.8 Å². The van der Waals surface area contributed by atoms with Crippen LogP contribution < -0.4 is 4.74 Å². The van der Waals surface area contributed by atoms with Gasteiger partial charge in [-0.25, -0.2) is 0 Å². The van der Waals surface area contributed by atoms with E-state index in [1.807, 2.05) is 53.3 Å². The standard InChI is InChI=1S/C28H30N2O4/c1-33-25-12-6-9-20(15-25)26-24(17-30(29-26)16-19-7-3-2-4-8-19)18-34-28(32)23-13-21-10-5-11-22(14-23)27(21)31/h2-4,6-9,12,15,17,21-23H,5,10-11,13-14,16,18H2,1H3. The lowest BCUT2D eigenvalue weighted by Gasteiger charge is -2.36. The van der Waals surface area contributed by atoms with Crippen molar-refractivity contribution >= 4 is 11.8 Å². The number of Topliss-reactive ketones (excluding diaryl/α,β-unsaturated/α-hetero) is 1. The van der Waals surface area contributed by atoms with Crippen molar-refractivity contribution in [3.63, 3.8) is 0 Å². The summed E-state index contributed by atoms with van der Waals surface area (Å²) in [6.07, 6.45) is 6.12. The quantitative estimate of drug-likeness (QED) is 0.464. The van der Waals surface area contributed by atoms with Crippen molar-refractivity contribution in [3.8, 4) is 17.0 Å². The van der Waals surface area contributed by atoms with E-state index in [0.29, 0.717) is 25.2 Å². The Morgan fingerprint density at radius 1 is 1.06 bits per heavy atom. The van der Waals surface area contributed by atoms with Crippen LogP contribution in [0.1, 0.15) is 43.2 Å². The maximum absolute atomic E-state index is 13.0. The maximum Gasteiger partial charge on any atom is 0.309 e. The van der Waals surface area contributed by atoms with Crippen LogP contribution in [0, 0.1) is 17.8 Å². The third-order valence-corrected chi connectivity index (χ3v) is 7.12. The highest BCUT2D eigenvalue weighted by Crippen LogP contribution is 2.40. The number of carbonyl (C=O) groups is 2. The van der Waals surface area contributed by atoms with Gasteiger partial charge in [0.1, 0.15) is 18.1 Å². The van der Waals surface area contributed by atoms with Gasteiger partial charge in [-0.3, -0.25) is 14.3 Å². The summed E-state index contributed by atoms with van der Waals surface area (Å²) >= 11 is 0. The van der Waals surface area contributed by atoms with Gasteiger partial charge in [-0.05, 0) is 43.4 Å².